The molecule has 3 unspecified atom stereocenters. The van der Waals surface area contributed by atoms with Crippen molar-refractivity contribution in [2.24, 2.45) is 0 Å². The number of nitrogens with zero attached hydrogens (tertiary/aromatic N) is 4. The Morgan fingerprint density at radius 1 is 1.53 bits per heavy atom. The Morgan fingerprint density at radius 3 is 3.11 bits per heavy atom. The van der Waals surface area contributed by atoms with Crippen LogP contribution in [0.2, 0.25) is 0 Å². The van der Waals surface area contributed by atoms with Crippen LogP contribution < -0.4 is 0 Å². The van der Waals surface area contributed by atoms with Crippen molar-refractivity contribution in [2.45, 2.75) is 38.1 Å². The number of cyclic esters (lactones) is 1. The van der Waals surface area contributed by atoms with Crippen LogP contribution in [0.1, 0.15) is 13.3 Å². The maximum atomic E-state index is 11.8. The van der Waals surface area contributed by atoms with Crippen molar-refractivity contribution in [3.8, 4) is 0 Å². The second-order valence-corrected chi connectivity index (χ2v) is 5.10. The van der Waals surface area contributed by atoms with Gasteiger partial charge in [-0.2, -0.15) is 5.10 Å². The van der Waals surface area contributed by atoms with E-state index >= 15 is 0 Å². The first-order valence-corrected chi connectivity index (χ1v) is 6.61. The molecule has 3 atom stereocenters. The Labute approximate surface area is 111 Å². The van der Waals surface area contributed by atoms with Gasteiger partial charge in [-0.15, -0.1) is 0 Å². The molecular weight excluding hydrogens is 248 g/mol. The highest BCUT2D eigenvalue weighted by Gasteiger charge is 2.38. The lowest BCUT2D eigenvalue weighted by Crippen LogP contribution is -2.50. The molecule has 1 aromatic heterocycles. The number of morpholine rings is 1. The first kappa shape index (κ1) is 12.6. The van der Waals surface area contributed by atoms with E-state index < -0.39 is 0 Å². The van der Waals surface area contributed by atoms with Gasteiger partial charge >= 0.3 is 5.97 Å². The second-order valence-electron chi connectivity index (χ2n) is 5.10. The van der Waals surface area contributed by atoms with E-state index in [2.05, 4.69) is 15.0 Å². The highest BCUT2D eigenvalue weighted by Crippen LogP contribution is 2.22. The summed E-state index contributed by atoms with van der Waals surface area (Å²) in [6.07, 6.45) is 4.02. The summed E-state index contributed by atoms with van der Waals surface area (Å²) >= 11 is 0. The Balaban J connectivity index is 1.60. The first-order chi connectivity index (χ1) is 9.22. The number of rotatable bonds is 3. The standard InChI is InChI=1S/C12H18N4O3/c1-9-4-11(12(17)19-9)15-2-3-18-10(5-15)6-16-8-13-7-14-16/h7-11H,2-6H2,1H3. The molecule has 0 amide bonds. The summed E-state index contributed by atoms with van der Waals surface area (Å²) < 4.78 is 12.7. The van der Waals surface area contributed by atoms with Gasteiger partial charge in [0.25, 0.3) is 0 Å². The van der Waals surface area contributed by atoms with Crippen molar-refractivity contribution in [1.82, 2.24) is 19.7 Å². The Morgan fingerprint density at radius 2 is 2.42 bits per heavy atom. The SMILES string of the molecule is CC1CC(N2CCOC(Cn3cncn3)C2)C(=O)O1. The van der Waals surface area contributed by atoms with Gasteiger partial charge in [-0.3, -0.25) is 14.4 Å². The minimum absolute atomic E-state index is 0.0223. The molecule has 0 spiro atoms. The minimum atomic E-state index is -0.114. The summed E-state index contributed by atoms with van der Waals surface area (Å²) in [6.45, 7) is 4.74. The van der Waals surface area contributed by atoms with Gasteiger partial charge in [0.2, 0.25) is 0 Å². The smallest absolute Gasteiger partial charge is 0.323 e. The highest BCUT2D eigenvalue weighted by atomic mass is 16.6. The van der Waals surface area contributed by atoms with E-state index in [1.54, 1.807) is 11.0 Å². The van der Waals surface area contributed by atoms with E-state index in [0.29, 0.717) is 13.2 Å². The lowest BCUT2D eigenvalue weighted by Gasteiger charge is -2.35. The van der Waals surface area contributed by atoms with Gasteiger partial charge in [-0.05, 0) is 6.92 Å². The largest absolute Gasteiger partial charge is 0.461 e. The van der Waals surface area contributed by atoms with Gasteiger partial charge in [-0.25, -0.2) is 4.98 Å². The second kappa shape index (κ2) is 5.26. The van der Waals surface area contributed by atoms with E-state index in [9.17, 15) is 4.79 Å². The fourth-order valence-corrected chi connectivity index (χ4v) is 2.71. The van der Waals surface area contributed by atoms with Gasteiger partial charge in [0.05, 0.1) is 19.3 Å². The van der Waals surface area contributed by atoms with Crippen molar-refractivity contribution in [3.63, 3.8) is 0 Å². The number of carbonyl (C=O) groups is 1. The first-order valence-electron chi connectivity index (χ1n) is 6.61. The van der Waals surface area contributed by atoms with Crippen LogP contribution in [0, 0.1) is 0 Å². The fourth-order valence-electron chi connectivity index (χ4n) is 2.71. The normalized spacial score (nSPS) is 32.5. The Kier molecular flexibility index (Phi) is 3.48. The van der Waals surface area contributed by atoms with Gasteiger partial charge in [0, 0.05) is 19.5 Å². The van der Waals surface area contributed by atoms with E-state index in [1.807, 2.05) is 6.92 Å². The molecule has 2 aliphatic rings. The van der Waals surface area contributed by atoms with E-state index in [0.717, 1.165) is 19.5 Å². The quantitative estimate of drug-likeness (QED) is 0.699. The van der Waals surface area contributed by atoms with Gasteiger partial charge in [0.1, 0.15) is 24.8 Å². The predicted octanol–water partition coefficient (Wildman–Crippen LogP) is -0.317. The van der Waals surface area contributed by atoms with Crippen molar-refractivity contribution < 1.29 is 14.3 Å². The van der Waals surface area contributed by atoms with Gasteiger partial charge < -0.3 is 9.47 Å². The average molecular weight is 266 g/mol. The summed E-state index contributed by atoms with van der Waals surface area (Å²) in [6, 6.07) is -0.114. The van der Waals surface area contributed by atoms with E-state index in [4.69, 9.17) is 9.47 Å². The molecule has 104 valence electrons. The van der Waals surface area contributed by atoms with Crippen molar-refractivity contribution in [2.75, 3.05) is 19.7 Å². The molecule has 0 saturated carbocycles. The molecule has 1 aromatic rings. The molecule has 19 heavy (non-hydrogen) atoms. The van der Waals surface area contributed by atoms with Crippen LogP contribution in [0.25, 0.3) is 0 Å². The highest BCUT2D eigenvalue weighted by molar-refractivity contribution is 5.78. The minimum Gasteiger partial charge on any atom is -0.461 e. The third-order valence-corrected chi connectivity index (χ3v) is 3.61. The van der Waals surface area contributed by atoms with Crippen molar-refractivity contribution in [1.29, 1.82) is 0 Å². The monoisotopic (exact) mass is 266 g/mol. The van der Waals surface area contributed by atoms with Crippen LogP contribution in [0.3, 0.4) is 0 Å². The molecule has 2 saturated heterocycles. The zero-order valence-electron chi connectivity index (χ0n) is 10.9. The Bertz CT molecular complexity index is 436. The summed E-state index contributed by atoms with van der Waals surface area (Å²) in [5.41, 5.74) is 0. The van der Waals surface area contributed by atoms with E-state index in [-0.39, 0.29) is 24.2 Å². The molecule has 0 bridgehead atoms. The lowest BCUT2D eigenvalue weighted by atomic mass is 10.1. The third kappa shape index (κ3) is 2.76. The molecule has 2 aliphatic heterocycles. The van der Waals surface area contributed by atoms with Crippen LogP contribution in [-0.2, 0) is 20.8 Å². The van der Waals surface area contributed by atoms with E-state index in [1.165, 1.54) is 6.33 Å². The topological polar surface area (TPSA) is 69.5 Å². The van der Waals surface area contributed by atoms with Crippen molar-refractivity contribution >= 4 is 5.97 Å². The van der Waals surface area contributed by atoms with Crippen LogP contribution >= 0.6 is 0 Å². The molecule has 0 aliphatic carbocycles. The van der Waals surface area contributed by atoms with Gasteiger partial charge in [-0.1, -0.05) is 0 Å². The van der Waals surface area contributed by atoms with Crippen LogP contribution in [0.15, 0.2) is 12.7 Å². The maximum Gasteiger partial charge on any atom is 0.323 e. The fraction of sp³-hybridized carbons (Fsp3) is 0.750. The predicted molar refractivity (Wildman–Crippen MR) is 65.3 cm³/mol. The molecule has 0 aromatic carbocycles. The molecule has 0 radical (unpaired) electrons. The summed E-state index contributed by atoms with van der Waals surface area (Å²) in [7, 11) is 0. The zero-order valence-corrected chi connectivity index (χ0v) is 10.9. The number of hydrogen-bond donors (Lipinski definition) is 0. The molecule has 7 heteroatoms. The van der Waals surface area contributed by atoms with Gasteiger partial charge in [0.15, 0.2) is 0 Å². The summed E-state index contributed by atoms with van der Waals surface area (Å²) in [5, 5.41) is 4.08. The molecule has 3 rings (SSSR count). The number of esters is 1. The van der Waals surface area contributed by atoms with Crippen LogP contribution in [0.5, 0.6) is 0 Å². The van der Waals surface area contributed by atoms with Crippen LogP contribution in [-0.4, -0.2) is 63.6 Å². The average Bonchev–Trinajstić information content (AvgIpc) is 2.99. The number of carbonyl (C=O) groups excluding carboxylic acids is 1. The molecule has 3 heterocycles. The molecule has 7 nitrogen and oxygen atoms in total. The number of aromatic nitrogens is 3. The summed E-state index contributed by atoms with van der Waals surface area (Å²) in [4.78, 5) is 17.9. The number of hydrogen-bond acceptors (Lipinski definition) is 6. The molecule has 2 fully saturated rings. The Hall–Kier alpha value is -1.47. The molecular formula is C12H18N4O3. The zero-order chi connectivity index (χ0) is 13.2. The lowest BCUT2D eigenvalue weighted by molar-refractivity contribution is -0.147. The third-order valence-electron chi connectivity index (χ3n) is 3.61. The molecule has 0 N–H and O–H groups in total. The van der Waals surface area contributed by atoms with Crippen LogP contribution in [0.4, 0.5) is 0 Å². The van der Waals surface area contributed by atoms with Crippen molar-refractivity contribution in [3.05, 3.63) is 12.7 Å². The maximum absolute atomic E-state index is 11.8. The summed E-state index contributed by atoms with van der Waals surface area (Å²) in [5.74, 6) is -0.103. The number of ether oxygens (including phenoxy) is 2.